The van der Waals surface area contributed by atoms with Gasteiger partial charge in [0, 0.05) is 105 Å². The molecule has 0 aliphatic rings. The van der Waals surface area contributed by atoms with Gasteiger partial charge in [-0.2, -0.15) is 0 Å². The topological polar surface area (TPSA) is 249 Å². The number of pyridine rings is 3. The number of carboxylic acids is 1. The van der Waals surface area contributed by atoms with Crippen LogP contribution in [0, 0.1) is 0 Å². The lowest BCUT2D eigenvalue weighted by atomic mass is 10.1. The third-order valence-electron chi connectivity index (χ3n) is 12.6. The summed E-state index contributed by atoms with van der Waals surface area (Å²) in [5.74, 6) is -3.41. The first-order chi connectivity index (χ1) is 38.4. The van der Waals surface area contributed by atoms with Crippen LogP contribution in [-0.4, -0.2) is 127 Å². The van der Waals surface area contributed by atoms with Gasteiger partial charge in [0.1, 0.15) is 19.8 Å². The quantitative estimate of drug-likeness (QED) is 0.0438. The zero-order valence-corrected chi connectivity index (χ0v) is 44.8. The van der Waals surface area contributed by atoms with Crippen molar-refractivity contribution < 1.29 is 52.7 Å². The first-order valence-corrected chi connectivity index (χ1v) is 25.9. The van der Waals surface area contributed by atoms with Gasteiger partial charge in [0.2, 0.25) is 0 Å². The lowest BCUT2D eigenvalue weighted by molar-refractivity contribution is -0.137. The predicted octanol–water partition coefficient (Wildman–Crippen LogP) is 4.36. The number of nitrogens with one attached hydrogen (secondary N) is 3. The Hall–Kier alpha value is -8.37. The molecule has 1 atom stereocenters. The van der Waals surface area contributed by atoms with Crippen molar-refractivity contribution in [3.05, 3.63) is 192 Å². The molecule has 6 aromatic rings. The largest absolute Gasteiger partial charge is 0.482 e. The number of amides is 3. The molecular formula is C58H69N7O14. The summed E-state index contributed by atoms with van der Waals surface area (Å²) in [4.78, 5) is 97.6. The van der Waals surface area contributed by atoms with Crippen molar-refractivity contribution in [2.75, 3.05) is 73.9 Å². The van der Waals surface area contributed by atoms with Crippen molar-refractivity contribution >= 4 is 23.7 Å². The zero-order valence-electron chi connectivity index (χ0n) is 44.8. The molecule has 0 aliphatic carbocycles. The van der Waals surface area contributed by atoms with E-state index >= 15 is 0 Å². The van der Waals surface area contributed by atoms with Crippen LogP contribution in [0.3, 0.4) is 0 Å². The van der Waals surface area contributed by atoms with Crippen molar-refractivity contribution in [2.24, 2.45) is 0 Å². The first-order valence-electron chi connectivity index (χ1n) is 25.9. The van der Waals surface area contributed by atoms with Crippen molar-refractivity contribution in [3.8, 4) is 17.2 Å². The fraction of sp³-hybridized carbons (Fsp3) is 0.362. The normalized spacial score (nSPS) is 11.4. The highest BCUT2D eigenvalue weighted by Gasteiger charge is 2.25. The molecule has 420 valence electrons. The summed E-state index contributed by atoms with van der Waals surface area (Å²) < 4.78 is 37.9. The minimum Gasteiger partial charge on any atom is -0.482 e. The van der Waals surface area contributed by atoms with Crippen LogP contribution in [-0.2, 0) is 58.5 Å². The number of methoxy groups -OCH3 is 3. The summed E-state index contributed by atoms with van der Waals surface area (Å²) in [6.07, 6.45) is 4.57. The summed E-state index contributed by atoms with van der Waals surface area (Å²) >= 11 is 0. The predicted molar refractivity (Wildman–Crippen MR) is 294 cm³/mol. The molecule has 6 rings (SSSR count). The Morgan fingerprint density at radius 2 is 0.873 bits per heavy atom. The van der Waals surface area contributed by atoms with Gasteiger partial charge >= 0.3 is 5.97 Å². The van der Waals surface area contributed by atoms with Crippen LogP contribution in [0.2, 0.25) is 0 Å². The molecule has 21 heteroatoms. The van der Waals surface area contributed by atoms with E-state index in [4.69, 9.17) is 28.4 Å². The standard InChI is InChI=1S/C58H69N7O14/c1-74-35-32-63-27-22-46(50(56(63)71)77-39-42-14-7-4-8-15-42)53(68)59-25-30-62(31-26-60-54(69)47-23-28-64(33-36-75-2)57(72)51(47)78-40-43-16-9-5-10-17-43)38-45(20-13-21-49(66)67)61-55(70)48-24-29-65(34-37-76-3)58(73)52(48)79-41-44-18-11-6-12-19-44/h4-12,14-19,22-24,27-29,45H,13,20-21,25-26,30-41H2,1-3H3,(H,59,68)(H,60,69)(H,61,70)(H,66,67). The molecule has 3 heterocycles. The van der Waals surface area contributed by atoms with Gasteiger partial charge in [-0.05, 0) is 47.7 Å². The molecule has 0 saturated heterocycles. The van der Waals surface area contributed by atoms with E-state index in [1.807, 2.05) is 95.9 Å². The van der Waals surface area contributed by atoms with Crippen molar-refractivity contribution in [2.45, 2.75) is 64.8 Å². The third-order valence-corrected chi connectivity index (χ3v) is 12.6. The lowest BCUT2D eigenvalue weighted by Gasteiger charge is -2.29. The number of aliphatic carboxylic acids is 1. The second-order valence-corrected chi connectivity index (χ2v) is 18.2. The Balaban J connectivity index is 1.27. The van der Waals surface area contributed by atoms with Gasteiger partial charge in [-0.1, -0.05) is 91.0 Å². The highest BCUT2D eigenvalue weighted by molar-refractivity contribution is 5.98. The average molecular weight is 1090 g/mol. The van der Waals surface area contributed by atoms with E-state index in [1.165, 1.54) is 71.8 Å². The van der Waals surface area contributed by atoms with Crippen LogP contribution in [0.5, 0.6) is 17.2 Å². The Bertz CT molecular complexity index is 2960. The van der Waals surface area contributed by atoms with Crippen LogP contribution >= 0.6 is 0 Å². The molecule has 3 amide bonds. The van der Waals surface area contributed by atoms with Gasteiger partial charge in [-0.3, -0.25) is 38.5 Å². The molecule has 0 fully saturated rings. The molecule has 4 N–H and O–H groups in total. The zero-order chi connectivity index (χ0) is 56.4. The summed E-state index contributed by atoms with van der Waals surface area (Å²) in [6.45, 7) is 1.59. The van der Waals surface area contributed by atoms with Crippen LogP contribution in [0.4, 0.5) is 0 Å². The molecule has 0 bridgehead atoms. The molecule has 3 aromatic heterocycles. The number of nitrogens with zero attached hydrogens (tertiary/aromatic N) is 4. The minimum absolute atomic E-state index is 0.00362. The van der Waals surface area contributed by atoms with Gasteiger partial charge in [-0.15, -0.1) is 0 Å². The third kappa shape index (κ3) is 18.4. The van der Waals surface area contributed by atoms with E-state index in [-0.39, 0.29) is 145 Å². The molecule has 0 radical (unpaired) electrons. The van der Waals surface area contributed by atoms with Gasteiger partial charge in [0.05, 0.1) is 36.5 Å². The number of rotatable bonds is 34. The molecule has 3 aromatic carbocycles. The number of hydrogen-bond acceptors (Lipinski definition) is 14. The lowest BCUT2D eigenvalue weighted by Crippen LogP contribution is -2.48. The second-order valence-electron chi connectivity index (χ2n) is 18.2. The number of ether oxygens (including phenoxy) is 6. The Labute approximate surface area is 457 Å². The monoisotopic (exact) mass is 1090 g/mol. The minimum atomic E-state index is -1.04. The Kier molecular flexibility index (Phi) is 24.1. The maximum atomic E-state index is 14.4. The highest BCUT2D eigenvalue weighted by Crippen LogP contribution is 2.19. The molecule has 79 heavy (non-hydrogen) atoms. The van der Waals surface area contributed by atoms with Gasteiger partial charge in [0.25, 0.3) is 34.4 Å². The van der Waals surface area contributed by atoms with E-state index in [9.17, 15) is 38.7 Å². The van der Waals surface area contributed by atoms with E-state index in [2.05, 4.69) is 16.0 Å². The number of hydrogen-bond donors (Lipinski definition) is 4. The van der Waals surface area contributed by atoms with E-state index in [0.717, 1.165) is 16.7 Å². The molecule has 1 unspecified atom stereocenters. The molecular weight excluding hydrogens is 1020 g/mol. The van der Waals surface area contributed by atoms with Gasteiger partial charge in [-0.25, -0.2) is 0 Å². The van der Waals surface area contributed by atoms with Crippen molar-refractivity contribution in [1.82, 2.24) is 34.6 Å². The summed E-state index contributed by atoms with van der Waals surface area (Å²) in [5.41, 5.74) is 0.639. The van der Waals surface area contributed by atoms with Crippen molar-refractivity contribution in [3.63, 3.8) is 0 Å². The van der Waals surface area contributed by atoms with Crippen LogP contribution in [0.15, 0.2) is 142 Å². The molecule has 0 aliphatic heterocycles. The highest BCUT2D eigenvalue weighted by atomic mass is 16.5. The number of benzene rings is 3. The SMILES string of the molecule is COCCn1ccc(C(=O)NCCN(CCNC(=O)c2ccn(CCOC)c(=O)c2OCc2ccccc2)CC(CCCC(=O)O)NC(=O)c2ccn(CCOC)c(=O)c2OCc2ccccc2)c(OCc2ccccc2)c1=O. The second kappa shape index (κ2) is 31.8. The summed E-state index contributed by atoms with van der Waals surface area (Å²) in [7, 11) is 4.53. The van der Waals surface area contributed by atoms with Gasteiger partial charge in [0.15, 0.2) is 17.2 Å². The maximum absolute atomic E-state index is 14.4. The smallest absolute Gasteiger partial charge is 0.303 e. The van der Waals surface area contributed by atoms with E-state index in [0.29, 0.717) is 0 Å². The van der Waals surface area contributed by atoms with Crippen LogP contribution < -0.4 is 46.8 Å². The summed E-state index contributed by atoms with van der Waals surface area (Å²) in [6, 6.07) is 31.2. The molecule has 21 nitrogen and oxygen atoms in total. The first kappa shape index (κ1) is 59.9. The van der Waals surface area contributed by atoms with E-state index < -0.39 is 46.4 Å². The maximum Gasteiger partial charge on any atom is 0.303 e. The number of aromatic nitrogens is 3. The average Bonchev–Trinajstić information content (AvgIpc) is 3.49. The number of carboxylic acid groups (broad SMARTS) is 1. The molecule has 0 saturated carbocycles. The van der Waals surface area contributed by atoms with Gasteiger partial charge < -0.3 is 63.2 Å². The Morgan fingerprint density at radius 1 is 0.519 bits per heavy atom. The fourth-order valence-electron chi connectivity index (χ4n) is 8.33. The number of carbonyl (C=O) groups is 4. The fourth-order valence-corrected chi connectivity index (χ4v) is 8.33. The van der Waals surface area contributed by atoms with E-state index in [1.54, 1.807) is 0 Å². The Morgan fingerprint density at radius 3 is 1.22 bits per heavy atom. The van der Waals surface area contributed by atoms with Crippen LogP contribution in [0.1, 0.15) is 67.0 Å². The van der Waals surface area contributed by atoms with Crippen molar-refractivity contribution in [1.29, 1.82) is 0 Å². The number of carbonyl (C=O) groups excluding carboxylic acids is 3. The molecule has 0 spiro atoms. The summed E-state index contributed by atoms with van der Waals surface area (Å²) in [5, 5.41) is 18.4. The van der Waals surface area contributed by atoms with Crippen LogP contribution in [0.25, 0.3) is 0 Å².